The van der Waals surface area contributed by atoms with Gasteiger partial charge < -0.3 is 21.4 Å². The van der Waals surface area contributed by atoms with Gasteiger partial charge >= 0.3 is 6.18 Å². The molecule has 9 nitrogen and oxygen atoms in total. The summed E-state index contributed by atoms with van der Waals surface area (Å²) in [6.45, 7) is 0.898. The molecule has 184 valence electrons. The zero-order chi connectivity index (χ0) is 25.6. The predicted octanol–water partition coefficient (Wildman–Crippen LogP) is 2.66. The van der Waals surface area contributed by atoms with Gasteiger partial charge in [-0.05, 0) is 30.7 Å². The number of terminal acetylenes is 1. The first-order valence-electron chi connectivity index (χ1n) is 10.3. The molecule has 0 spiro atoms. The maximum atomic E-state index is 13.4. The van der Waals surface area contributed by atoms with Gasteiger partial charge in [0.15, 0.2) is 11.5 Å². The van der Waals surface area contributed by atoms with Gasteiger partial charge in [0, 0.05) is 13.1 Å². The number of halogens is 4. The van der Waals surface area contributed by atoms with E-state index in [1.165, 1.54) is 12.1 Å². The van der Waals surface area contributed by atoms with Crippen molar-refractivity contribution in [1.82, 2.24) is 30.8 Å². The van der Waals surface area contributed by atoms with Crippen LogP contribution in [-0.4, -0.2) is 45.1 Å². The fourth-order valence-corrected chi connectivity index (χ4v) is 3.47. The third-order valence-corrected chi connectivity index (χ3v) is 5.16. The molecule has 0 saturated heterocycles. The Morgan fingerprint density at radius 3 is 2.66 bits per heavy atom. The third kappa shape index (κ3) is 6.20. The minimum Gasteiger partial charge on any atom is -0.352 e. The van der Waals surface area contributed by atoms with Crippen molar-refractivity contribution in [2.75, 3.05) is 13.1 Å². The van der Waals surface area contributed by atoms with E-state index in [9.17, 15) is 22.8 Å². The second-order valence-electron chi connectivity index (χ2n) is 7.34. The van der Waals surface area contributed by atoms with Crippen LogP contribution in [0, 0.1) is 12.3 Å². The molecule has 0 saturated carbocycles. The van der Waals surface area contributed by atoms with E-state index in [1.807, 2.05) is 0 Å². The first-order chi connectivity index (χ1) is 16.7. The Balaban J connectivity index is 1.70. The van der Waals surface area contributed by atoms with Crippen LogP contribution in [0.2, 0.25) is 5.02 Å². The summed E-state index contributed by atoms with van der Waals surface area (Å²) in [4.78, 5) is 31.1. The molecule has 0 aliphatic rings. The van der Waals surface area contributed by atoms with Gasteiger partial charge in [0.05, 0.1) is 40.2 Å². The van der Waals surface area contributed by atoms with Gasteiger partial charge in [-0.15, -0.1) is 12.3 Å². The molecular weight excluding hydrogens is 487 g/mol. The number of nitrogens with two attached hydrogens (primary N) is 1. The first kappa shape index (κ1) is 25.8. The van der Waals surface area contributed by atoms with Crippen LogP contribution in [0.3, 0.4) is 0 Å². The minimum atomic E-state index is -4.74. The molecule has 0 bridgehead atoms. The number of benzene rings is 1. The number of alkyl halides is 3. The molecule has 0 unspecified atom stereocenters. The normalized spacial score (nSPS) is 11.2. The molecule has 2 aromatic heterocycles. The Bertz CT molecular complexity index is 1260. The quantitative estimate of drug-likeness (QED) is 0.224. The average molecular weight is 508 g/mol. The van der Waals surface area contributed by atoms with Crippen LogP contribution in [0.15, 0.2) is 24.4 Å². The lowest BCUT2D eigenvalue weighted by atomic mass is 10.1. The number of nitrogens with one attached hydrogen (secondary N) is 4. The lowest BCUT2D eigenvalue weighted by Crippen LogP contribution is -2.26. The van der Waals surface area contributed by atoms with Crippen molar-refractivity contribution in [1.29, 1.82) is 0 Å². The Hall–Kier alpha value is -3.82. The van der Waals surface area contributed by atoms with E-state index in [0.29, 0.717) is 25.1 Å². The van der Waals surface area contributed by atoms with Crippen molar-refractivity contribution >= 4 is 23.4 Å². The maximum absolute atomic E-state index is 13.4. The Morgan fingerprint density at radius 2 is 2.00 bits per heavy atom. The summed E-state index contributed by atoms with van der Waals surface area (Å²) in [6.07, 6.45) is 2.10. The van der Waals surface area contributed by atoms with E-state index in [4.69, 9.17) is 23.8 Å². The van der Waals surface area contributed by atoms with E-state index >= 15 is 0 Å². The topological polar surface area (TPSA) is 142 Å². The van der Waals surface area contributed by atoms with Crippen LogP contribution in [0.5, 0.6) is 0 Å². The Morgan fingerprint density at radius 1 is 1.23 bits per heavy atom. The monoisotopic (exact) mass is 507 g/mol. The van der Waals surface area contributed by atoms with Crippen LogP contribution in [-0.2, 0) is 19.1 Å². The summed E-state index contributed by atoms with van der Waals surface area (Å²) in [5, 5.41) is 11.1. The van der Waals surface area contributed by atoms with Gasteiger partial charge in [0.25, 0.3) is 11.8 Å². The number of aromatic nitrogens is 4. The zero-order valence-electron chi connectivity index (χ0n) is 18.2. The number of rotatable bonds is 9. The molecule has 2 heterocycles. The number of nitrogens with zero attached hydrogens (tertiary/aromatic N) is 2. The SMILES string of the molecule is C#CCc1[nH]nc(C(F)(F)F)c1-c1cnc(C(=O)NCc2ccc(C(=O)NCCCN)c(Cl)c2)[nH]1. The van der Waals surface area contributed by atoms with Gasteiger partial charge in [-0.25, -0.2) is 4.98 Å². The van der Waals surface area contributed by atoms with Gasteiger partial charge in [-0.3, -0.25) is 14.7 Å². The molecule has 0 radical (unpaired) electrons. The molecule has 3 rings (SSSR count). The second-order valence-corrected chi connectivity index (χ2v) is 7.75. The highest BCUT2D eigenvalue weighted by Gasteiger charge is 2.39. The molecule has 13 heteroatoms. The Labute approximate surface area is 203 Å². The lowest BCUT2D eigenvalue weighted by Gasteiger charge is -2.09. The smallest absolute Gasteiger partial charge is 0.352 e. The van der Waals surface area contributed by atoms with Crippen LogP contribution < -0.4 is 16.4 Å². The number of hydrogen-bond acceptors (Lipinski definition) is 5. The Kier molecular flexibility index (Phi) is 8.16. The van der Waals surface area contributed by atoms with Gasteiger partial charge in [-0.2, -0.15) is 18.3 Å². The van der Waals surface area contributed by atoms with E-state index < -0.39 is 17.8 Å². The van der Waals surface area contributed by atoms with E-state index in [-0.39, 0.29) is 52.2 Å². The highest BCUT2D eigenvalue weighted by Crippen LogP contribution is 2.37. The van der Waals surface area contributed by atoms with Crippen molar-refractivity contribution in [3.8, 4) is 23.6 Å². The predicted molar refractivity (Wildman–Crippen MR) is 122 cm³/mol. The van der Waals surface area contributed by atoms with Crippen LogP contribution in [0.1, 0.15) is 44.3 Å². The number of hydrogen-bond donors (Lipinski definition) is 5. The summed E-state index contributed by atoms with van der Waals surface area (Å²) < 4.78 is 40.1. The zero-order valence-corrected chi connectivity index (χ0v) is 19.0. The summed E-state index contributed by atoms with van der Waals surface area (Å²) in [6, 6.07) is 4.67. The molecule has 0 fully saturated rings. The standard InChI is InChI=1S/C22H21ClF3N7O2/c1-2-4-15-17(18(33-32-15)22(24,25)26)16-11-29-19(31-16)21(35)30-10-12-5-6-13(14(23)9-12)20(34)28-8-3-7-27/h1,5-6,9,11H,3-4,7-8,10,27H2,(H,28,34)(H,29,31)(H,30,35)(H,32,33). The van der Waals surface area contributed by atoms with E-state index in [2.05, 4.69) is 36.7 Å². The van der Waals surface area contributed by atoms with Crippen LogP contribution >= 0.6 is 11.6 Å². The van der Waals surface area contributed by atoms with Gasteiger partial charge in [0.2, 0.25) is 0 Å². The van der Waals surface area contributed by atoms with Crippen LogP contribution in [0.4, 0.5) is 13.2 Å². The second kappa shape index (κ2) is 11.1. The van der Waals surface area contributed by atoms with Gasteiger partial charge in [0.1, 0.15) is 0 Å². The fourth-order valence-electron chi connectivity index (χ4n) is 3.18. The molecule has 2 amide bonds. The summed E-state index contributed by atoms with van der Waals surface area (Å²) in [5.41, 5.74) is 4.81. The molecule has 35 heavy (non-hydrogen) atoms. The van der Waals surface area contributed by atoms with Gasteiger partial charge in [-0.1, -0.05) is 17.7 Å². The van der Waals surface area contributed by atoms with E-state index in [1.54, 1.807) is 6.07 Å². The molecule has 0 aliphatic carbocycles. The first-order valence-corrected chi connectivity index (χ1v) is 10.7. The molecular formula is C22H21ClF3N7O2. The molecule has 3 aromatic rings. The largest absolute Gasteiger partial charge is 0.435 e. The lowest BCUT2D eigenvalue weighted by molar-refractivity contribution is -0.140. The highest BCUT2D eigenvalue weighted by atomic mass is 35.5. The fraction of sp³-hybridized carbons (Fsp3) is 0.273. The van der Waals surface area contributed by atoms with Crippen molar-refractivity contribution in [3.63, 3.8) is 0 Å². The summed E-state index contributed by atoms with van der Waals surface area (Å²) in [7, 11) is 0. The minimum absolute atomic E-state index is 0.0332. The molecule has 0 aliphatic heterocycles. The van der Waals surface area contributed by atoms with Crippen molar-refractivity contribution in [3.05, 3.63) is 57.8 Å². The van der Waals surface area contributed by atoms with Crippen molar-refractivity contribution < 1.29 is 22.8 Å². The molecule has 6 N–H and O–H groups in total. The third-order valence-electron chi connectivity index (χ3n) is 4.85. The molecule has 1 aromatic carbocycles. The maximum Gasteiger partial charge on any atom is 0.435 e. The van der Waals surface area contributed by atoms with Crippen molar-refractivity contribution in [2.24, 2.45) is 5.73 Å². The summed E-state index contributed by atoms with van der Waals surface area (Å²) >= 11 is 6.19. The number of amides is 2. The molecule has 0 atom stereocenters. The van der Waals surface area contributed by atoms with Crippen molar-refractivity contribution in [2.45, 2.75) is 25.6 Å². The van der Waals surface area contributed by atoms with Crippen LogP contribution in [0.25, 0.3) is 11.3 Å². The number of carbonyl (C=O) groups is 2. The number of aromatic amines is 2. The number of H-pyrrole nitrogens is 2. The van der Waals surface area contributed by atoms with E-state index in [0.717, 1.165) is 6.20 Å². The number of imidazole rings is 1. The number of carbonyl (C=O) groups excluding carboxylic acids is 2. The highest BCUT2D eigenvalue weighted by molar-refractivity contribution is 6.33. The summed E-state index contributed by atoms with van der Waals surface area (Å²) in [5.74, 6) is 1.05. The average Bonchev–Trinajstić information content (AvgIpc) is 3.45.